The Kier molecular flexibility index (Phi) is 9.80. The van der Waals surface area contributed by atoms with Gasteiger partial charge < -0.3 is 19.7 Å². The third-order valence-corrected chi connectivity index (χ3v) is 10.2. The van der Waals surface area contributed by atoms with Gasteiger partial charge in [-0.25, -0.2) is 0 Å². The highest BCUT2D eigenvalue weighted by atomic mass is 16.5. The van der Waals surface area contributed by atoms with Crippen LogP contribution in [0, 0.1) is 24.7 Å². The second kappa shape index (κ2) is 13.9. The van der Waals surface area contributed by atoms with Gasteiger partial charge in [-0.3, -0.25) is 14.4 Å². The SMILES string of the molecule is CCOc1cc(C2C3=C(CC(C)(C)CC3=O)N(CCc3ccccc3)C3=C2C(=O)CC(C)(C)C3)ccc1OCC(=O)Nc1ccc(C)c(C)c1. The van der Waals surface area contributed by atoms with Crippen LogP contribution in [0.15, 0.2) is 89.3 Å². The van der Waals surface area contributed by atoms with E-state index in [1.807, 2.05) is 57.2 Å². The minimum atomic E-state index is -0.499. The summed E-state index contributed by atoms with van der Waals surface area (Å²) < 4.78 is 12.1. The minimum absolute atomic E-state index is 0.0939. The quantitative estimate of drug-likeness (QED) is 0.232. The summed E-state index contributed by atoms with van der Waals surface area (Å²) in [5.41, 5.74) is 8.14. The van der Waals surface area contributed by atoms with Crippen LogP contribution >= 0.6 is 0 Å². The van der Waals surface area contributed by atoms with E-state index in [1.165, 1.54) is 5.56 Å². The molecule has 0 unspecified atom stereocenters. The summed E-state index contributed by atoms with van der Waals surface area (Å²) in [7, 11) is 0. The van der Waals surface area contributed by atoms with E-state index in [4.69, 9.17) is 9.47 Å². The summed E-state index contributed by atoms with van der Waals surface area (Å²) >= 11 is 0. The number of carbonyl (C=O) groups excluding carboxylic acids is 3. The molecule has 0 aromatic heterocycles. The molecule has 0 radical (unpaired) electrons. The van der Waals surface area contributed by atoms with Gasteiger partial charge in [-0.2, -0.15) is 0 Å². The number of aryl methyl sites for hydroxylation is 2. The van der Waals surface area contributed by atoms with E-state index >= 15 is 0 Å². The molecule has 262 valence electrons. The van der Waals surface area contributed by atoms with Crippen molar-refractivity contribution >= 4 is 23.2 Å². The Labute approximate surface area is 296 Å². The number of nitrogens with one attached hydrogen (secondary N) is 1. The minimum Gasteiger partial charge on any atom is -0.490 e. The fourth-order valence-electron chi connectivity index (χ4n) is 7.79. The molecule has 1 amide bonds. The molecule has 0 fully saturated rings. The molecule has 2 aliphatic carbocycles. The zero-order valence-electron chi connectivity index (χ0n) is 30.6. The van der Waals surface area contributed by atoms with Crippen molar-refractivity contribution in [2.75, 3.05) is 25.1 Å². The molecule has 50 heavy (non-hydrogen) atoms. The number of nitrogens with zero attached hydrogens (tertiary/aromatic N) is 1. The second-order valence-corrected chi connectivity index (χ2v) is 15.7. The molecule has 6 rings (SSSR count). The number of hydrogen-bond acceptors (Lipinski definition) is 6. The molecule has 7 heteroatoms. The number of carbonyl (C=O) groups is 3. The number of ether oxygens (including phenoxy) is 2. The fourth-order valence-corrected chi connectivity index (χ4v) is 7.79. The smallest absolute Gasteiger partial charge is 0.262 e. The van der Waals surface area contributed by atoms with Gasteiger partial charge in [0, 0.05) is 53.5 Å². The summed E-state index contributed by atoms with van der Waals surface area (Å²) in [6.07, 6.45) is 3.15. The van der Waals surface area contributed by atoms with Crippen LogP contribution < -0.4 is 14.8 Å². The maximum atomic E-state index is 14.3. The third kappa shape index (κ3) is 7.42. The van der Waals surface area contributed by atoms with E-state index in [2.05, 4.69) is 62.2 Å². The predicted molar refractivity (Wildman–Crippen MR) is 197 cm³/mol. The van der Waals surface area contributed by atoms with Gasteiger partial charge >= 0.3 is 0 Å². The Morgan fingerprint density at radius 1 is 0.780 bits per heavy atom. The average Bonchev–Trinajstić information content (AvgIpc) is 3.04. The number of Topliss-reactive ketones (excluding diaryl/α,β-unsaturated/α-hetero) is 2. The molecule has 0 saturated carbocycles. The molecule has 3 aromatic carbocycles. The van der Waals surface area contributed by atoms with Crippen molar-refractivity contribution in [1.29, 1.82) is 0 Å². The second-order valence-electron chi connectivity index (χ2n) is 15.7. The Balaban J connectivity index is 1.38. The zero-order chi connectivity index (χ0) is 35.8. The summed E-state index contributed by atoms with van der Waals surface area (Å²) in [5.74, 6) is 0.321. The van der Waals surface area contributed by atoms with Crippen molar-refractivity contribution in [3.05, 3.63) is 112 Å². The topological polar surface area (TPSA) is 84.9 Å². The Morgan fingerprint density at radius 2 is 1.42 bits per heavy atom. The van der Waals surface area contributed by atoms with Crippen molar-refractivity contribution in [3.63, 3.8) is 0 Å². The maximum absolute atomic E-state index is 14.3. The van der Waals surface area contributed by atoms with Gasteiger partial charge in [0.15, 0.2) is 29.7 Å². The van der Waals surface area contributed by atoms with Crippen LogP contribution in [0.2, 0.25) is 0 Å². The van der Waals surface area contributed by atoms with Crippen LogP contribution in [0.4, 0.5) is 5.69 Å². The molecule has 3 aliphatic rings. The van der Waals surface area contributed by atoms with Crippen LogP contribution in [-0.2, 0) is 20.8 Å². The lowest BCUT2D eigenvalue weighted by Gasteiger charge is -2.49. The van der Waals surface area contributed by atoms with Gasteiger partial charge in [0.25, 0.3) is 5.91 Å². The van der Waals surface area contributed by atoms with Gasteiger partial charge in [0.05, 0.1) is 6.61 Å². The summed E-state index contributed by atoms with van der Waals surface area (Å²) in [5, 5.41) is 2.91. The van der Waals surface area contributed by atoms with E-state index in [-0.39, 0.29) is 34.9 Å². The number of benzene rings is 3. The first-order valence-corrected chi connectivity index (χ1v) is 17.9. The first-order chi connectivity index (χ1) is 23.7. The molecule has 1 N–H and O–H groups in total. The van der Waals surface area contributed by atoms with Crippen molar-refractivity contribution in [3.8, 4) is 11.5 Å². The van der Waals surface area contributed by atoms with E-state index in [1.54, 1.807) is 6.07 Å². The molecule has 1 heterocycles. The molecule has 0 atom stereocenters. The van der Waals surface area contributed by atoms with Crippen LogP contribution in [0.5, 0.6) is 11.5 Å². The molecule has 1 aliphatic heterocycles. The van der Waals surface area contributed by atoms with E-state index < -0.39 is 5.92 Å². The summed E-state index contributed by atoms with van der Waals surface area (Å²) in [4.78, 5) is 43.8. The first-order valence-electron chi connectivity index (χ1n) is 17.9. The lowest BCUT2D eigenvalue weighted by molar-refractivity contribution is -0.120. The Morgan fingerprint density at radius 3 is 2.02 bits per heavy atom. The van der Waals surface area contributed by atoms with Crippen molar-refractivity contribution < 1.29 is 23.9 Å². The molecule has 0 saturated heterocycles. The number of rotatable bonds is 10. The molecule has 0 bridgehead atoms. The highest BCUT2D eigenvalue weighted by Crippen LogP contribution is 2.55. The van der Waals surface area contributed by atoms with Gasteiger partial charge in [0.2, 0.25) is 0 Å². The molecule has 0 spiro atoms. The fraction of sp³-hybridized carbons (Fsp3) is 0.419. The third-order valence-electron chi connectivity index (χ3n) is 10.2. The van der Waals surface area contributed by atoms with Crippen molar-refractivity contribution in [2.45, 2.75) is 86.5 Å². The van der Waals surface area contributed by atoms with Crippen molar-refractivity contribution in [1.82, 2.24) is 4.90 Å². The summed E-state index contributed by atoms with van der Waals surface area (Å²) in [6.45, 7) is 15.5. The van der Waals surface area contributed by atoms with E-state index in [0.717, 1.165) is 58.5 Å². The molecule has 3 aromatic rings. The van der Waals surface area contributed by atoms with E-state index in [9.17, 15) is 14.4 Å². The van der Waals surface area contributed by atoms with Crippen LogP contribution in [0.25, 0.3) is 0 Å². The van der Waals surface area contributed by atoms with Gasteiger partial charge in [-0.1, -0.05) is 70.2 Å². The number of ketones is 2. The summed E-state index contributed by atoms with van der Waals surface area (Å²) in [6, 6.07) is 21.8. The number of allylic oxidation sites excluding steroid dienone is 4. The largest absolute Gasteiger partial charge is 0.490 e. The normalized spacial score (nSPS) is 18.5. The zero-order valence-corrected chi connectivity index (χ0v) is 30.6. The standard InChI is InChI=1S/C43H50N2O5/c1-8-49-37-21-30(15-17-36(37)50-26-38(48)44-31-16-14-27(2)28(3)20-31)39-40-32(22-42(4,5)24-34(40)46)45(19-18-29-12-10-9-11-13-29)33-23-43(6,7)25-35(47)41(33)39/h9-17,20-21,39H,8,18-19,22-26H2,1-7H3,(H,44,48). The van der Waals surface area contributed by atoms with Crippen LogP contribution in [0.3, 0.4) is 0 Å². The Bertz CT molecular complexity index is 1830. The average molecular weight is 675 g/mol. The maximum Gasteiger partial charge on any atom is 0.262 e. The van der Waals surface area contributed by atoms with Gasteiger partial charge in [-0.15, -0.1) is 0 Å². The molecule has 7 nitrogen and oxygen atoms in total. The lowest BCUT2D eigenvalue weighted by Crippen LogP contribution is -2.45. The number of amides is 1. The van der Waals surface area contributed by atoms with E-state index in [0.29, 0.717) is 43.2 Å². The lowest BCUT2D eigenvalue weighted by atomic mass is 9.63. The van der Waals surface area contributed by atoms with Crippen molar-refractivity contribution in [2.24, 2.45) is 10.8 Å². The van der Waals surface area contributed by atoms with Crippen LogP contribution in [0.1, 0.15) is 88.5 Å². The monoisotopic (exact) mass is 674 g/mol. The van der Waals surface area contributed by atoms with Gasteiger partial charge in [-0.05, 0) is 97.4 Å². The Hall–Kier alpha value is -4.65. The van der Waals surface area contributed by atoms with Gasteiger partial charge in [0.1, 0.15) is 0 Å². The molecular weight excluding hydrogens is 624 g/mol. The highest BCUT2D eigenvalue weighted by Gasteiger charge is 2.49. The highest BCUT2D eigenvalue weighted by molar-refractivity contribution is 6.07. The number of anilines is 1. The number of hydrogen-bond donors (Lipinski definition) is 1. The first kappa shape index (κ1) is 35.2. The van der Waals surface area contributed by atoms with Crippen LogP contribution in [-0.4, -0.2) is 42.1 Å². The predicted octanol–water partition coefficient (Wildman–Crippen LogP) is 8.65. The molecular formula is C43H50N2O5.